The molecule has 0 spiro atoms. The number of oxime groups is 1. The highest BCUT2D eigenvalue weighted by molar-refractivity contribution is 7.92. The summed E-state index contributed by atoms with van der Waals surface area (Å²) in [6.45, 7) is 3.98. The van der Waals surface area contributed by atoms with Crippen LogP contribution in [0.2, 0.25) is 5.02 Å². The predicted octanol–water partition coefficient (Wildman–Crippen LogP) is 6.57. The second-order valence-corrected chi connectivity index (χ2v) is 10.5. The van der Waals surface area contributed by atoms with Crippen molar-refractivity contribution in [1.29, 1.82) is 0 Å². The van der Waals surface area contributed by atoms with Crippen LogP contribution in [0.15, 0.2) is 61.2 Å². The lowest BCUT2D eigenvalue weighted by molar-refractivity contribution is -0.116. The van der Waals surface area contributed by atoms with Gasteiger partial charge in [0.05, 0.1) is 16.2 Å². The van der Waals surface area contributed by atoms with Gasteiger partial charge in [-0.2, -0.15) is 0 Å². The predicted molar refractivity (Wildman–Crippen MR) is 152 cm³/mol. The molecule has 1 heterocycles. The maximum atomic E-state index is 13.1. The van der Waals surface area contributed by atoms with E-state index in [1.54, 1.807) is 24.3 Å². The molecule has 0 amide bonds. The second kappa shape index (κ2) is 12.8. The van der Waals surface area contributed by atoms with Crippen molar-refractivity contribution in [3.05, 3.63) is 61.1 Å². The van der Waals surface area contributed by atoms with Gasteiger partial charge in [-0.05, 0) is 49.1 Å². The number of aliphatic hydroxyl groups is 1. The minimum atomic E-state index is -0.632. The lowest BCUT2D eigenvalue weighted by atomic mass is 9.80. The fraction of sp³-hybridized carbons (Fsp3) is 0.417. The zero-order valence-electron chi connectivity index (χ0n) is 19.3. The number of nitrogens with zero attached hydrogens (tertiary/aromatic N) is 1. The average Bonchev–Trinajstić information content (AvgIpc) is 2.78. The number of aliphatic hydroxyl groups excluding tert-OH is 1. The summed E-state index contributed by atoms with van der Waals surface area (Å²) in [6, 6.07) is 7.02. The lowest BCUT2D eigenvalue weighted by Gasteiger charge is -2.32. The standard InChI is InChI=1S/C24H28ClNO5S4/c1-3-4-16(26-29-11-12(2)30-15-7-5-14(25)6-8-15)20-17(27)9-13(10-18(20)28)19-21(32)22(33)24(35)31-23(19)34/h5-8,12-13,23,27,32-35H,3-4,9-11H2,1-2H3. The fourth-order valence-corrected chi connectivity index (χ4v) is 5.51. The molecule has 35 heavy (non-hydrogen) atoms. The van der Waals surface area contributed by atoms with Gasteiger partial charge < -0.3 is 19.4 Å². The molecule has 1 aromatic rings. The Hall–Kier alpha value is -1.33. The summed E-state index contributed by atoms with van der Waals surface area (Å²) in [7, 11) is 0. The van der Waals surface area contributed by atoms with Gasteiger partial charge in [0.1, 0.15) is 17.6 Å². The van der Waals surface area contributed by atoms with Gasteiger partial charge in [-0.3, -0.25) is 4.79 Å². The van der Waals surface area contributed by atoms with Gasteiger partial charge in [-0.25, -0.2) is 0 Å². The number of halogens is 1. The molecule has 0 fully saturated rings. The van der Waals surface area contributed by atoms with Crippen LogP contribution in [-0.4, -0.2) is 34.7 Å². The number of carbonyl (C=O) groups is 1. The van der Waals surface area contributed by atoms with Crippen LogP contribution in [0.5, 0.6) is 5.75 Å². The normalized spacial score (nSPS) is 22.4. The van der Waals surface area contributed by atoms with Crippen molar-refractivity contribution in [1.82, 2.24) is 0 Å². The van der Waals surface area contributed by atoms with Crippen molar-refractivity contribution < 1.29 is 24.2 Å². The Kier molecular flexibility index (Phi) is 10.3. The van der Waals surface area contributed by atoms with E-state index in [-0.39, 0.29) is 48.6 Å². The average molecular weight is 574 g/mol. The number of Topliss-reactive ketones (excluding diaryl/α,β-unsaturated/α-hetero) is 1. The molecule has 2 aliphatic rings. The number of ether oxygens (including phenoxy) is 2. The Morgan fingerprint density at radius 1 is 1.23 bits per heavy atom. The molecule has 11 heteroatoms. The molecule has 6 nitrogen and oxygen atoms in total. The molecule has 0 radical (unpaired) electrons. The molecule has 3 atom stereocenters. The topological polar surface area (TPSA) is 77.3 Å². The molecule has 1 aliphatic heterocycles. The molecular formula is C24H28ClNO5S4. The Balaban J connectivity index is 1.73. The smallest absolute Gasteiger partial charge is 0.168 e. The van der Waals surface area contributed by atoms with E-state index in [1.165, 1.54) is 0 Å². The molecule has 0 saturated heterocycles. The maximum absolute atomic E-state index is 13.1. The zero-order chi connectivity index (χ0) is 25.7. The highest BCUT2D eigenvalue weighted by Gasteiger charge is 2.37. The Morgan fingerprint density at radius 3 is 2.54 bits per heavy atom. The SMILES string of the molecule is CCCC(=NOCC(C)Oc1ccc(Cl)cc1)C1=C(O)CC(C2=C(S)C(S)=C(S)OC2S)CC1=O. The molecule has 3 rings (SSSR count). The number of benzene rings is 1. The first-order valence-electron chi connectivity index (χ1n) is 11.1. The van der Waals surface area contributed by atoms with Crippen molar-refractivity contribution >= 4 is 73.6 Å². The lowest BCUT2D eigenvalue weighted by Crippen LogP contribution is -2.30. The van der Waals surface area contributed by atoms with Crippen molar-refractivity contribution in [3.63, 3.8) is 0 Å². The van der Waals surface area contributed by atoms with E-state index in [1.807, 2.05) is 13.8 Å². The van der Waals surface area contributed by atoms with Gasteiger partial charge in [-0.1, -0.05) is 30.1 Å². The summed E-state index contributed by atoms with van der Waals surface area (Å²) < 4.78 is 11.4. The van der Waals surface area contributed by atoms with E-state index in [0.29, 0.717) is 43.4 Å². The molecule has 1 aliphatic carbocycles. The van der Waals surface area contributed by atoms with Crippen LogP contribution in [0.4, 0.5) is 0 Å². The van der Waals surface area contributed by atoms with Crippen molar-refractivity contribution in [2.75, 3.05) is 6.61 Å². The van der Waals surface area contributed by atoms with E-state index >= 15 is 0 Å². The minimum absolute atomic E-state index is 0.0388. The number of thiol groups is 4. The third kappa shape index (κ3) is 7.13. The number of hydrogen-bond donors (Lipinski definition) is 5. The van der Waals surface area contributed by atoms with Crippen LogP contribution in [0, 0.1) is 5.92 Å². The molecule has 1 N–H and O–H groups in total. The Labute approximate surface area is 232 Å². The Bertz CT molecular complexity index is 1080. The summed E-state index contributed by atoms with van der Waals surface area (Å²) >= 11 is 23.5. The third-order valence-corrected chi connectivity index (χ3v) is 7.70. The number of rotatable bonds is 9. The van der Waals surface area contributed by atoms with Gasteiger partial charge in [0.15, 0.2) is 22.9 Å². The second-order valence-electron chi connectivity index (χ2n) is 8.24. The van der Waals surface area contributed by atoms with E-state index < -0.39 is 5.44 Å². The number of ketones is 1. The summed E-state index contributed by atoms with van der Waals surface area (Å²) in [5.74, 6) is 0.0634. The number of allylic oxidation sites excluding steroid dienone is 2. The van der Waals surface area contributed by atoms with Crippen LogP contribution in [0.3, 0.4) is 0 Å². The highest BCUT2D eigenvalue weighted by Crippen LogP contribution is 2.44. The maximum Gasteiger partial charge on any atom is 0.168 e. The quantitative estimate of drug-likeness (QED) is 0.131. The molecule has 190 valence electrons. The summed E-state index contributed by atoms with van der Waals surface area (Å²) in [6.07, 6.45) is 1.29. The summed E-state index contributed by atoms with van der Waals surface area (Å²) in [5.41, 5.74) is 0.686. The molecule has 0 saturated carbocycles. The Morgan fingerprint density at radius 2 is 1.91 bits per heavy atom. The van der Waals surface area contributed by atoms with E-state index in [2.05, 4.69) is 55.7 Å². The third-order valence-electron chi connectivity index (χ3n) is 5.48. The van der Waals surface area contributed by atoms with Gasteiger partial charge in [-0.15, -0.1) is 50.5 Å². The molecule has 1 aromatic carbocycles. The van der Waals surface area contributed by atoms with Gasteiger partial charge in [0.2, 0.25) is 0 Å². The summed E-state index contributed by atoms with van der Waals surface area (Å²) in [4.78, 5) is 19.7. The molecular weight excluding hydrogens is 546 g/mol. The first-order valence-corrected chi connectivity index (χ1v) is 13.3. The van der Waals surface area contributed by atoms with E-state index in [9.17, 15) is 9.90 Å². The van der Waals surface area contributed by atoms with Gasteiger partial charge in [0.25, 0.3) is 0 Å². The monoisotopic (exact) mass is 573 g/mol. The minimum Gasteiger partial charge on any atom is -0.511 e. The van der Waals surface area contributed by atoms with Crippen molar-refractivity contribution in [3.8, 4) is 5.75 Å². The van der Waals surface area contributed by atoms with Crippen LogP contribution in [0.25, 0.3) is 0 Å². The van der Waals surface area contributed by atoms with Crippen LogP contribution >= 0.6 is 62.1 Å². The molecule has 0 bridgehead atoms. The zero-order valence-corrected chi connectivity index (χ0v) is 23.6. The summed E-state index contributed by atoms with van der Waals surface area (Å²) in [5, 5.41) is 16.0. The number of hydrogen-bond acceptors (Lipinski definition) is 10. The molecule has 0 aromatic heterocycles. The first kappa shape index (κ1) is 28.2. The van der Waals surface area contributed by atoms with Crippen LogP contribution in [0.1, 0.15) is 39.5 Å². The van der Waals surface area contributed by atoms with Crippen molar-refractivity contribution in [2.45, 2.75) is 51.1 Å². The number of carbonyl (C=O) groups excluding carboxylic acids is 1. The van der Waals surface area contributed by atoms with E-state index in [0.717, 1.165) is 6.42 Å². The first-order chi connectivity index (χ1) is 16.6. The highest BCUT2D eigenvalue weighted by atomic mass is 35.5. The van der Waals surface area contributed by atoms with Crippen molar-refractivity contribution in [2.24, 2.45) is 11.1 Å². The largest absolute Gasteiger partial charge is 0.511 e. The van der Waals surface area contributed by atoms with Gasteiger partial charge in [0, 0.05) is 22.8 Å². The van der Waals surface area contributed by atoms with Crippen LogP contribution in [-0.2, 0) is 14.4 Å². The van der Waals surface area contributed by atoms with E-state index in [4.69, 9.17) is 25.9 Å². The molecule has 3 unspecified atom stereocenters. The van der Waals surface area contributed by atoms with Crippen LogP contribution < -0.4 is 4.74 Å². The fourth-order valence-electron chi connectivity index (χ4n) is 3.87. The van der Waals surface area contributed by atoms with Gasteiger partial charge >= 0.3 is 0 Å².